The van der Waals surface area contributed by atoms with Gasteiger partial charge in [0.2, 0.25) is 0 Å². The normalized spacial score (nSPS) is 11.9. The Morgan fingerprint density at radius 1 is 0.971 bits per heavy atom. The van der Waals surface area contributed by atoms with Gasteiger partial charge in [-0.05, 0) is 66.8 Å². The second-order valence-corrected chi connectivity index (χ2v) is 10.1. The summed E-state index contributed by atoms with van der Waals surface area (Å²) >= 11 is 7.69. The molecule has 3 aromatic carbocycles. The summed E-state index contributed by atoms with van der Waals surface area (Å²) in [6.07, 6.45) is 3.11. The molecule has 1 atom stereocenters. The molecule has 0 amide bonds. The third kappa shape index (κ3) is 7.74. The minimum absolute atomic E-state index is 0.165. The number of rotatable bonds is 12. The molecule has 0 fully saturated rings. The summed E-state index contributed by atoms with van der Waals surface area (Å²) in [4.78, 5) is 15.7. The van der Waals surface area contributed by atoms with Gasteiger partial charge in [-0.2, -0.15) is 11.8 Å². The molecule has 180 valence electrons. The van der Waals surface area contributed by atoms with Gasteiger partial charge in [0.25, 0.3) is 0 Å². The number of fused-ring (bicyclic) bond motifs is 1. The smallest absolute Gasteiger partial charge is 0.304 e. The number of ether oxygens (including phenoxy) is 1. The second-order valence-electron chi connectivity index (χ2n) is 8.37. The average Bonchev–Trinajstić information content (AvgIpc) is 2.88. The molecule has 4 aromatic rings. The van der Waals surface area contributed by atoms with Crippen molar-refractivity contribution in [2.45, 2.75) is 37.5 Å². The first-order valence-corrected chi connectivity index (χ1v) is 13.1. The van der Waals surface area contributed by atoms with Gasteiger partial charge in [0.1, 0.15) is 12.4 Å². The monoisotopic (exact) mass is 505 g/mol. The number of aliphatic carboxylic acids is 1. The number of hydrogen-bond acceptors (Lipinski definition) is 4. The maximum absolute atomic E-state index is 11.0. The number of aryl methyl sites for hydroxylation is 1. The number of carboxylic acids is 1. The van der Waals surface area contributed by atoms with Gasteiger partial charge in [-0.3, -0.25) is 4.79 Å². The van der Waals surface area contributed by atoms with E-state index in [1.807, 2.05) is 54.6 Å². The highest BCUT2D eigenvalue weighted by molar-refractivity contribution is 7.99. The van der Waals surface area contributed by atoms with Crippen molar-refractivity contribution in [3.05, 3.63) is 107 Å². The highest BCUT2D eigenvalue weighted by Gasteiger charge is 2.14. The molecule has 0 bridgehead atoms. The van der Waals surface area contributed by atoms with Gasteiger partial charge in [-0.1, -0.05) is 60.1 Å². The van der Waals surface area contributed by atoms with Gasteiger partial charge in [-0.15, -0.1) is 0 Å². The molecule has 1 N–H and O–H groups in total. The Balaban J connectivity index is 1.35. The van der Waals surface area contributed by atoms with Crippen molar-refractivity contribution < 1.29 is 14.6 Å². The van der Waals surface area contributed by atoms with E-state index in [2.05, 4.69) is 35.3 Å². The first-order valence-electron chi connectivity index (χ1n) is 11.7. The number of benzene rings is 3. The van der Waals surface area contributed by atoms with E-state index in [1.54, 1.807) is 11.8 Å². The van der Waals surface area contributed by atoms with Crippen molar-refractivity contribution in [2.75, 3.05) is 5.75 Å². The Labute approximate surface area is 215 Å². The molecule has 1 heterocycles. The second kappa shape index (κ2) is 12.6. The highest BCUT2D eigenvalue weighted by atomic mass is 35.5. The van der Waals surface area contributed by atoms with Gasteiger partial charge in [0, 0.05) is 21.4 Å². The van der Waals surface area contributed by atoms with Crippen LogP contribution in [0.5, 0.6) is 5.75 Å². The fourth-order valence-corrected chi connectivity index (χ4v) is 5.29. The summed E-state index contributed by atoms with van der Waals surface area (Å²) in [6, 6.07) is 28.2. The third-order valence-corrected chi connectivity index (χ3v) is 7.38. The van der Waals surface area contributed by atoms with Crippen LogP contribution in [0.1, 0.15) is 41.3 Å². The minimum Gasteiger partial charge on any atom is -0.487 e. The van der Waals surface area contributed by atoms with E-state index in [1.165, 1.54) is 11.1 Å². The Hall–Kier alpha value is -3.02. The summed E-state index contributed by atoms with van der Waals surface area (Å²) in [5.41, 5.74) is 4.29. The van der Waals surface area contributed by atoms with Gasteiger partial charge in [-0.25, -0.2) is 4.98 Å². The van der Waals surface area contributed by atoms with Crippen molar-refractivity contribution >= 4 is 40.2 Å². The lowest BCUT2D eigenvalue weighted by Crippen LogP contribution is -2.02. The quantitative estimate of drug-likeness (QED) is 0.213. The molecular weight excluding hydrogens is 478 g/mol. The van der Waals surface area contributed by atoms with Crippen LogP contribution in [0.2, 0.25) is 5.02 Å². The van der Waals surface area contributed by atoms with Gasteiger partial charge in [0.05, 0.1) is 17.6 Å². The van der Waals surface area contributed by atoms with E-state index in [-0.39, 0.29) is 11.7 Å². The number of carbonyl (C=O) groups is 1. The number of thioether (sulfide) groups is 1. The fourth-order valence-electron chi connectivity index (χ4n) is 3.90. The topological polar surface area (TPSA) is 59.4 Å². The van der Waals surface area contributed by atoms with Crippen LogP contribution in [0.4, 0.5) is 0 Å². The molecular formula is C29H28ClNO3S. The predicted octanol–water partition coefficient (Wildman–Crippen LogP) is 7.74. The molecule has 1 aromatic heterocycles. The van der Waals surface area contributed by atoms with Crippen molar-refractivity contribution in [1.29, 1.82) is 0 Å². The number of hydrogen-bond donors (Lipinski definition) is 1. The summed E-state index contributed by atoms with van der Waals surface area (Å²) in [6.45, 7) is 0.405. The summed E-state index contributed by atoms with van der Waals surface area (Å²) < 4.78 is 5.98. The maximum Gasteiger partial charge on any atom is 0.304 e. The van der Waals surface area contributed by atoms with Crippen molar-refractivity contribution in [3.63, 3.8) is 0 Å². The van der Waals surface area contributed by atoms with Crippen LogP contribution in [0.25, 0.3) is 10.9 Å². The Morgan fingerprint density at radius 3 is 2.51 bits per heavy atom. The molecule has 4 nitrogen and oxygen atoms in total. The molecule has 0 spiro atoms. The van der Waals surface area contributed by atoms with Gasteiger partial charge in [0.15, 0.2) is 0 Å². The number of para-hydroxylation sites is 1. The Bertz CT molecular complexity index is 1250. The zero-order valence-electron chi connectivity index (χ0n) is 19.4. The number of aromatic nitrogens is 1. The van der Waals surface area contributed by atoms with Gasteiger partial charge < -0.3 is 9.84 Å². The molecule has 0 aliphatic heterocycles. The standard InChI is InChI=1S/C29H28ClNO3S/c30-24-13-8-21(9-14-24)4-3-7-28(35-19-18-29(32)33)23-11-16-26(17-12-23)34-20-25-15-10-22-5-1-2-6-27(22)31-25/h1-2,5-6,8-17,28H,3-4,7,18-20H2,(H,32,33). The van der Waals surface area contributed by atoms with Crippen LogP contribution in [-0.2, 0) is 17.8 Å². The van der Waals surface area contributed by atoms with Crippen molar-refractivity contribution in [2.24, 2.45) is 0 Å². The number of carboxylic acid groups (broad SMARTS) is 1. The summed E-state index contributed by atoms with van der Waals surface area (Å²) in [5, 5.41) is 11.1. The van der Waals surface area contributed by atoms with E-state index in [9.17, 15) is 4.79 Å². The molecule has 0 saturated heterocycles. The Morgan fingerprint density at radius 2 is 1.74 bits per heavy atom. The lowest BCUT2D eigenvalue weighted by atomic mass is 10.0. The molecule has 4 rings (SSSR count). The van der Waals surface area contributed by atoms with Crippen molar-refractivity contribution in [1.82, 2.24) is 4.98 Å². The van der Waals surface area contributed by atoms with E-state index in [4.69, 9.17) is 21.4 Å². The molecule has 0 saturated carbocycles. The average molecular weight is 506 g/mol. The summed E-state index contributed by atoms with van der Waals surface area (Å²) in [7, 11) is 0. The number of halogens is 1. The molecule has 1 unspecified atom stereocenters. The Kier molecular flexibility index (Phi) is 9.04. The first-order chi connectivity index (χ1) is 17.1. The SMILES string of the molecule is O=C(O)CCSC(CCCc1ccc(Cl)cc1)c1ccc(OCc2ccc3ccccc3n2)cc1. The van der Waals surface area contributed by atoms with Crippen molar-refractivity contribution in [3.8, 4) is 5.75 Å². The third-order valence-electron chi connectivity index (χ3n) is 5.77. The predicted molar refractivity (Wildman–Crippen MR) is 144 cm³/mol. The molecule has 0 aliphatic carbocycles. The van der Waals surface area contributed by atoms with Gasteiger partial charge >= 0.3 is 5.97 Å². The minimum atomic E-state index is -0.761. The van der Waals surface area contributed by atoms with E-state index >= 15 is 0 Å². The zero-order valence-corrected chi connectivity index (χ0v) is 21.0. The van der Waals surface area contributed by atoms with E-state index in [0.717, 1.165) is 46.6 Å². The maximum atomic E-state index is 11.0. The van der Waals surface area contributed by atoms with E-state index < -0.39 is 5.97 Å². The van der Waals surface area contributed by atoms with E-state index in [0.29, 0.717) is 12.4 Å². The summed E-state index contributed by atoms with van der Waals surface area (Å²) in [5.74, 6) is 0.620. The number of nitrogens with zero attached hydrogens (tertiary/aromatic N) is 1. The highest BCUT2D eigenvalue weighted by Crippen LogP contribution is 2.35. The molecule has 0 aliphatic rings. The lowest BCUT2D eigenvalue weighted by molar-refractivity contribution is -0.136. The molecule has 6 heteroatoms. The van der Waals surface area contributed by atoms with Crippen LogP contribution in [0.3, 0.4) is 0 Å². The zero-order chi connectivity index (χ0) is 24.5. The fraction of sp³-hybridized carbons (Fsp3) is 0.241. The van der Waals surface area contributed by atoms with Crippen LogP contribution in [-0.4, -0.2) is 21.8 Å². The first kappa shape index (κ1) is 25.1. The van der Waals surface area contributed by atoms with Crippen LogP contribution in [0.15, 0.2) is 84.9 Å². The molecule has 35 heavy (non-hydrogen) atoms. The van der Waals surface area contributed by atoms with Crippen LogP contribution in [0, 0.1) is 0 Å². The molecule has 0 radical (unpaired) electrons. The van der Waals surface area contributed by atoms with Crippen LogP contribution >= 0.6 is 23.4 Å². The number of pyridine rings is 1. The lowest BCUT2D eigenvalue weighted by Gasteiger charge is -2.17. The van der Waals surface area contributed by atoms with Crippen LogP contribution < -0.4 is 4.74 Å². The largest absolute Gasteiger partial charge is 0.487 e.